The summed E-state index contributed by atoms with van der Waals surface area (Å²) in [6.07, 6.45) is 6.94. The third kappa shape index (κ3) is 3.34. The number of rotatable bonds is 1. The zero-order valence-electron chi connectivity index (χ0n) is 11.0. The lowest BCUT2D eigenvalue weighted by Crippen LogP contribution is -2.35. The van der Waals surface area contributed by atoms with E-state index in [0.717, 1.165) is 21.9 Å². The normalized spacial score (nSPS) is 22.1. The quantitative estimate of drug-likeness (QED) is 0.786. The van der Waals surface area contributed by atoms with Crippen LogP contribution in [0, 0.1) is 5.41 Å². The van der Waals surface area contributed by atoms with Gasteiger partial charge in [0.1, 0.15) is 0 Å². The topological polar surface area (TPSA) is 24.4 Å². The second kappa shape index (κ2) is 5.88. The van der Waals surface area contributed by atoms with Gasteiger partial charge in [-0.1, -0.05) is 53.0 Å². The highest BCUT2D eigenvalue weighted by atomic mass is 79.9. The van der Waals surface area contributed by atoms with Gasteiger partial charge in [-0.05, 0) is 36.5 Å². The van der Waals surface area contributed by atoms with Gasteiger partial charge in [0.15, 0.2) is 5.17 Å². The van der Waals surface area contributed by atoms with E-state index in [9.17, 15) is 0 Å². The van der Waals surface area contributed by atoms with E-state index in [4.69, 9.17) is 4.99 Å². The van der Waals surface area contributed by atoms with Gasteiger partial charge in [-0.15, -0.1) is 0 Å². The largest absolute Gasteiger partial charge is 0.335 e. The summed E-state index contributed by atoms with van der Waals surface area (Å²) in [6, 6.07) is 8.26. The summed E-state index contributed by atoms with van der Waals surface area (Å²) in [7, 11) is 0. The molecule has 1 aromatic carbocycles. The molecular weight excluding hydrogens is 320 g/mol. The molecule has 2 nitrogen and oxygen atoms in total. The van der Waals surface area contributed by atoms with Crippen molar-refractivity contribution in [3.63, 3.8) is 0 Å². The molecule has 1 spiro atoms. The summed E-state index contributed by atoms with van der Waals surface area (Å²) >= 11 is 5.39. The maximum atomic E-state index is 4.78. The van der Waals surface area contributed by atoms with Gasteiger partial charge in [-0.3, -0.25) is 4.99 Å². The molecule has 0 bridgehead atoms. The number of nitrogens with one attached hydrogen (secondary N) is 1. The number of benzene rings is 1. The Kier molecular flexibility index (Phi) is 4.18. The average Bonchev–Trinajstić information content (AvgIpc) is 2.43. The van der Waals surface area contributed by atoms with E-state index in [1.54, 1.807) is 0 Å². The number of anilines is 1. The van der Waals surface area contributed by atoms with E-state index in [0.29, 0.717) is 5.41 Å². The maximum absolute atomic E-state index is 4.78. The number of halogens is 1. The first kappa shape index (κ1) is 13.5. The standard InChI is InChI=1S/C15H19BrN2S/c16-12-5-4-6-13(9-12)18-14-17-10-15(11-19-14)7-2-1-3-8-15/h4-6,9H,1-3,7-8,10-11H2,(H,17,18). The highest BCUT2D eigenvalue weighted by Crippen LogP contribution is 2.41. The molecule has 0 saturated heterocycles. The van der Waals surface area contributed by atoms with Crippen LogP contribution in [0.25, 0.3) is 0 Å². The van der Waals surface area contributed by atoms with Gasteiger partial charge >= 0.3 is 0 Å². The fraction of sp³-hybridized carbons (Fsp3) is 0.533. The Labute approximate surface area is 127 Å². The van der Waals surface area contributed by atoms with Crippen molar-refractivity contribution in [2.24, 2.45) is 10.4 Å². The molecule has 1 fully saturated rings. The smallest absolute Gasteiger partial charge is 0.161 e. The Morgan fingerprint density at radius 1 is 1.21 bits per heavy atom. The third-order valence-electron chi connectivity index (χ3n) is 4.06. The van der Waals surface area contributed by atoms with Crippen molar-refractivity contribution in [3.05, 3.63) is 28.7 Å². The van der Waals surface area contributed by atoms with Crippen LogP contribution in [0.2, 0.25) is 0 Å². The fourth-order valence-electron chi connectivity index (χ4n) is 2.92. The molecule has 0 unspecified atom stereocenters. The fourth-order valence-corrected chi connectivity index (χ4v) is 4.49. The first-order valence-corrected chi connectivity index (χ1v) is 8.74. The second-order valence-corrected chi connectivity index (χ2v) is 7.49. The molecule has 0 aromatic heterocycles. The summed E-state index contributed by atoms with van der Waals surface area (Å²) in [4.78, 5) is 4.78. The highest BCUT2D eigenvalue weighted by Gasteiger charge is 2.34. The predicted molar refractivity (Wildman–Crippen MR) is 88.0 cm³/mol. The van der Waals surface area contributed by atoms with Gasteiger partial charge in [-0.25, -0.2) is 0 Å². The molecule has 1 aliphatic heterocycles. The van der Waals surface area contributed by atoms with Gasteiger partial charge in [0.25, 0.3) is 0 Å². The Hall–Kier alpha value is -0.480. The maximum Gasteiger partial charge on any atom is 0.161 e. The molecule has 1 aromatic rings. The summed E-state index contributed by atoms with van der Waals surface area (Å²) < 4.78 is 1.10. The first-order valence-electron chi connectivity index (χ1n) is 6.96. The Morgan fingerprint density at radius 2 is 2.05 bits per heavy atom. The van der Waals surface area contributed by atoms with Crippen molar-refractivity contribution < 1.29 is 0 Å². The predicted octanol–water partition coefficient (Wildman–Crippen LogP) is 4.91. The van der Waals surface area contributed by atoms with Crippen molar-refractivity contribution in [2.75, 3.05) is 17.6 Å². The van der Waals surface area contributed by atoms with Crippen LogP contribution in [-0.2, 0) is 0 Å². The van der Waals surface area contributed by atoms with Crippen molar-refractivity contribution >= 4 is 38.5 Å². The Morgan fingerprint density at radius 3 is 2.74 bits per heavy atom. The van der Waals surface area contributed by atoms with Crippen LogP contribution in [0.15, 0.2) is 33.7 Å². The van der Waals surface area contributed by atoms with Crippen LogP contribution in [0.1, 0.15) is 32.1 Å². The first-order chi connectivity index (χ1) is 9.26. The molecular formula is C15H19BrN2S. The minimum absolute atomic E-state index is 0.505. The van der Waals surface area contributed by atoms with E-state index < -0.39 is 0 Å². The van der Waals surface area contributed by atoms with Gasteiger partial charge in [0.05, 0.1) is 0 Å². The highest BCUT2D eigenvalue weighted by molar-refractivity contribution is 9.10. The molecule has 2 aliphatic rings. The van der Waals surface area contributed by atoms with Crippen LogP contribution in [0.5, 0.6) is 0 Å². The molecule has 1 aliphatic carbocycles. The Bertz CT molecular complexity index is 481. The molecule has 1 saturated carbocycles. The molecule has 4 heteroatoms. The van der Waals surface area contributed by atoms with Gasteiger partial charge in [-0.2, -0.15) is 0 Å². The molecule has 0 amide bonds. The summed E-state index contributed by atoms with van der Waals surface area (Å²) in [5.41, 5.74) is 1.62. The lowest BCUT2D eigenvalue weighted by atomic mass is 9.75. The van der Waals surface area contributed by atoms with Crippen LogP contribution in [-0.4, -0.2) is 17.5 Å². The number of hydrogen-bond donors (Lipinski definition) is 1. The number of hydrogen-bond acceptors (Lipinski definition) is 3. The summed E-state index contributed by atoms with van der Waals surface area (Å²) in [5, 5.41) is 4.50. The number of thioether (sulfide) groups is 1. The molecule has 1 N–H and O–H groups in total. The molecule has 0 radical (unpaired) electrons. The lowest BCUT2D eigenvalue weighted by molar-refractivity contribution is 0.232. The molecule has 102 valence electrons. The molecule has 19 heavy (non-hydrogen) atoms. The van der Waals surface area contributed by atoms with Crippen molar-refractivity contribution in [1.29, 1.82) is 0 Å². The van der Waals surface area contributed by atoms with Crippen LogP contribution >= 0.6 is 27.7 Å². The number of amidine groups is 1. The summed E-state index contributed by atoms with van der Waals surface area (Å²) in [6.45, 7) is 1.01. The van der Waals surface area contributed by atoms with Crippen molar-refractivity contribution in [1.82, 2.24) is 0 Å². The zero-order valence-corrected chi connectivity index (χ0v) is 13.4. The Balaban J connectivity index is 1.64. The van der Waals surface area contributed by atoms with E-state index >= 15 is 0 Å². The number of aliphatic imine (C=N–C) groups is 1. The molecule has 1 heterocycles. The van der Waals surface area contributed by atoms with Crippen molar-refractivity contribution in [2.45, 2.75) is 32.1 Å². The van der Waals surface area contributed by atoms with E-state index in [1.807, 2.05) is 23.9 Å². The SMILES string of the molecule is Brc1cccc(NC2=NCC3(CCCCC3)CS2)c1. The van der Waals surface area contributed by atoms with Gasteiger partial charge < -0.3 is 5.32 Å². The molecule has 3 rings (SSSR count). The lowest BCUT2D eigenvalue weighted by Gasteiger charge is -2.38. The van der Waals surface area contributed by atoms with Crippen LogP contribution in [0.4, 0.5) is 5.69 Å². The van der Waals surface area contributed by atoms with E-state index in [2.05, 4.69) is 33.4 Å². The van der Waals surface area contributed by atoms with Gasteiger partial charge in [0.2, 0.25) is 0 Å². The molecule has 0 atom stereocenters. The zero-order chi connectivity index (χ0) is 13.1. The second-order valence-electron chi connectivity index (χ2n) is 5.61. The minimum atomic E-state index is 0.505. The third-order valence-corrected chi connectivity index (χ3v) is 5.82. The van der Waals surface area contributed by atoms with Crippen LogP contribution in [0.3, 0.4) is 0 Å². The van der Waals surface area contributed by atoms with E-state index in [-0.39, 0.29) is 0 Å². The van der Waals surface area contributed by atoms with Crippen molar-refractivity contribution in [3.8, 4) is 0 Å². The van der Waals surface area contributed by atoms with Gasteiger partial charge in [0, 0.05) is 22.5 Å². The summed E-state index contributed by atoms with van der Waals surface area (Å²) in [5.74, 6) is 1.23. The van der Waals surface area contributed by atoms with Crippen LogP contribution < -0.4 is 5.32 Å². The average molecular weight is 339 g/mol. The number of nitrogens with zero attached hydrogens (tertiary/aromatic N) is 1. The van der Waals surface area contributed by atoms with E-state index in [1.165, 1.54) is 37.9 Å². The minimum Gasteiger partial charge on any atom is -0.335 e. The monoisotopic (exact) mass is 338 g/mol.